The summed E-state index contributed by atoms with van der Waals surface area (Å²) in [5.41, 5.74) is 3.23. The van der Waals surface area contributed by atoms with Crippen LogP contribution in [0.5, 0.6) is 5.75 Å². The molecule has 0 saturated heterocycles. The quantitative estimate of drug-likeness (QED) is 0.732. The summed E-state index contributed by atoms with van der Waals surface area (Å²) in [6.45, 7) is 7.85. The number of rotatable bonds is 8. The molecule has 0 aromatic heterocycles. The largest absolute Gasteiger partial charge is 0.494 e. The standard InChI is InChI=1S/C21H28N2O4S/c1-6-27-19-12-10-18(11-13-19)17(4)22-21(24)14-23(28(5,25)26)20-9-7-8-15(2)16(20)3/h7-13,17H,6,14H2,1-5H3,(H,22,24). The SMILES string of the molecule is CCOc1ccc(C(C)NC(=O)CN(c2cccc(C)c2C)S(C)(=O)=O)cc1. The molecule has 0 aliphatic rings. The predicted octanol–water partition coefficient (Wildman–Crippen LogP) is 3.35. The molecule has 0 spiro atoms. The number of aryl methyl sites for hydroxylation is 1. The lowest BCUT2D eigenvalue weighted by molar-refractivity contribution is -0.120. The van der Waals surface area contributed by atoms with Crippen molar-refractivity contribution < 1.29 is 17.9 Å². The molecule has 152 valence electrons. The van der Waals surface area contributed by atoms with Gasteiger partial charge in [0, 0.05) is 0 Å². The van der Waals surface area contributed by atoms with Crippen molar-refractivity contribution in [2.75, 3.05) is 23.7 Å². The Morgan fingerprint density at radius 2 is 1.79 bits per heavy atom. The average Bonchev–Trinajstić information content (AvgIpc) is 2.62. The predicted molar refractivity (Wildman–Crippen MR) is 112 cm³/mol. The van der Waals surface area contributed by atoms with Crippen molar-refractivity contribution >= 4 is 21.6 Å². The summed E-state index contributed by atoms with van der Waals surface area (Å²) in [7, 11) is -3.61. The number of ether oxygens (including phenoxy) is 1. The van der Waals surface area contributed by atoms with E-state index in [-0.39, 0.29) is 18.5 Å². The lowest BCUT2D eigenvalue weighted by Gasteiger charge is -2.25. The number of hydrogen-bond acceptors (Lipinski definition) is 4. The molecule has 1 unspecified atom stereocenters. The van der Waals surface area contributed by atoms with Gasteiger partial charge in [0.1, 0.15) is 12.3 Å². The fourth-order valence-electron chi connectivity index (χ4n) is 2.91. The van der Waals surface area contributed by atoms with E-state index in [0.717, 1.165) is 33.0 Å². The molecule has 0 aliphatic carbocycles. The zero-order valence-corrected chi connectivity index (χ0v) is 17.8. The first-order valence-corrected chi connectivity index (χ1v) is 11.0. The second-order valence-electron chi connectivity index (χ2n) is 6.78. The van der Waals surface area contributed by atoms with Crippen LogP contribution in [-0.2, 0) is 14.8 Å². The van der Waals surface area contributed by atoms with Gasteiger partial charge in [0.25, 0.3) is 0 Å². The molecule has 0 bridgehead atoms. The highest BCUT2D eigenvalue weighted by Gasteiger charge is 2.23. The van der Waals surface area contributed by atoms with Crippen molar-refractivity contribution in [2.24, 2.45) is 0 Å². The number of benzene rings is 2. The van der Waals surface area contributed by atoms with Crippen molar-refractivity contribution in [1.29, 1.82) is 0 Å². The van der Waals surface area contributed by atoms with Gasteiger partial charge in [-0.25, -0.2) is 8.42 Å². The summed E-state index contributed by atoms with van der Waals surface area (Å²) in [5, 5.41) is 2.87. The summed E-state index contributed by atoms with van der Waals surface area (Å²) in [6.07, 6.45) is 1.11. The summed E-state index contributed by atoms with van der Waals surface area (Å²) >= 11 is 0. The molecule has 0 fully saturated rings. The molecule has 0 heterocycles. The molecule has 0 radical (unpaired) electrons. The second kappa shape index (κ2) is 9.10. The Kier molecular flexibility index (Phi) is 7.07. The van der Waals surface area contributed by atoms with Gasteiger partial charge in [0.05, 0.1) is 24.6 Å². The van der Waals surface area contributed by atoms with Crippen molar-refractivity contribution in [3.05, 3.63) is 59.2 Å². The highest BCUT2D eigenvalue weighted by atomic mass is 32.2. The van der Waals surface area contributed by atoms with Crippen molar-refractivity contribution in [1.82, 2.24) is 5.32 Å². The van der Waals surface area contributed by atoms with E-state index in [9.17, 15) is 13.2 Å². The maximum atomic E-state index is 12.6. The van der Waals surface area contributed by atoms with Crippen molar-refractivity contribution in [3.63, 3.8) is 0 Å². The third kappa shape index (κ3) is 5.48. The Balaban J connectivity index is 2.14. The third-order valence-corrected chi connectivity index (χ3v) is 5.73. The molecule has 0 saturated carbocycles. The van der Waals surface area contributed by atoms with E-state index in [4.69, 9.17) is 4.74 Å². The van der Waals surface area contributed by atoms with Crippen molar-refractivity contribution in [2.45, 2.75) is 33.7 Å². The highest BCUT2D eigenvalue weighted by Crippen LogP contribution is 2.25. The number of hydrogen-bond donors (Lipinski definition) is 1. The molecule has 6 nitrogen and oxygen atoms in total. The van der Waals surface area contributed by atoms with Crippen LogP contribution < -0.4 is 14.4 Å². The van der Waals surface area contributed by atoms with Crippen LogP contribution in [0.3, 0.4) is 0 Å². The molecule has 1 atom stereocenters. The Labute approximate surface area is 167 Å². The minimum Gasteiger partial charge on any atom is -0.494 e. The van der Waals surface area contributed by atoms with Crippen LogP contribution in [0.4, 0.5) is 5.69 Å². The summed E-state index contributed by atoms with van der Waals surface area (Å²) < 4.78 is 31.2. The van der Waals surface area contributed by atoms with Gasteiger partial charge in [-0.3, -0.25) is 9.10 Å². The van der Waals surface area contributed by atoms with E-state index in [1.807, 2.05) is 58.0 Å². The van der Waals surface area contributed by atoms with E-state index in [1.165, 1.54) is 0 Å². The minimum atomic E-state index is -3.61. The molecular weight excluding hydrogens is 376 g/mol. The normalized spacial score (nSPS) is 12.3. The van der Waals surface area contributed by atoms with Gasteiger partial charge in [-0.2, -0.15) is 0 Å². The van der Waals surface area contributed by atoms with E-state index >= 15 is 0 Å². The summed E-state index contributed by atoms with van der Waals surface area (Å²) in [4.78, 5) is 12.6. The molecule has 28 heavy (non-hydrogen) atoms. The van der Waals surface area contributed by atoms with Crippen LogP contribution in [0.25, 0.3) is 0 Å². The molecule has 7 heteroatoms. The second-order valence-corrected chi connectivity index (χ2v) is 8.69. The first-order chi connectivity index (χ1) is 13.1. The number of sulfonamides is 1. The van der Waals surface area contributed by atoms with Gasteiger partial charge in [-0.15, -0.1) is 0 Å². The van der Waals surface area contributed by atoms with Crippen LogP contribution in [0.1, 0.15) is 36.6 Å². The zero-order valence-electron chi connectivity index (χ0n) is 17.0. The van der Waals surface area contributed by atoms with Gasteiger partial charge in [0.15, 0.2) is 0 Å². The topological polar surface area (TPSA) is 75.7 Å². The van der Waals surface area contributed by atoms with Crippen LogP contribution in [-0.4, -0.2) is 33.7 Å². The van der Waals surface area contributed by atoms with E-state index in [0.29, 0.717) is 12.3 Å². The van der Waals surface area contributed by atoms with Crippen LogP contribution >= 0.6 is 0 Å². The fourth-order valence-corrected chi connectivity index (χ4v) is 3.81. The Hall–Kier alpha value is -2.54. The number of carbonyl (C=O) groups is 1. The molecule has 1 amide bonds. The van der Waals surface area contributed by atoms with Gasteiger partial charge >= 0.3 is 0 Å². The Morgan fingerprint density at radius 3 is 2.36 bits per heavy atom. The number of amides is 1. The first kappa shape index (κ1) is 21.8. The maximum Gasteiger partial charge on any atom is 0.241 e. The lowest BCUT2D eigenvalue weighted by Crippen LogP contribution is -2.41. The molecule has 2 aromatic rings. The van der Waals surface area contributed by atoms with Gasteiger partial charge < -0.3 is 10.1 Å². The van der Waals surface area contributed by atoms with E-state index in [1.54, 1.807) is 12.1 Å². The first-order valence-electron chi connectivity index (χ1n) is 9.19. The smallest absolute Gasteiger partial charge is 0.241 e. The molecule has 2 aromatic carbocycles. The number of nitrogens with one attached hydrogen (secondary N) is 1. The van der Waals surface area contributed by atoms with Gasteiger partial charge in [-0.05, 0) is 62.6 Å². The Morgan fingerprint density at radius 1 is 1.14 bits per heavy atom. The molecule has 2 rings (SSSR count). The molecule has 1 N–H and O–H groups in total. The minimum absolute atomic E-state index is 0.261. The number of anilines is 1. The van der Waals surface area contributed by atoms with E-state index in [2.05, 4.69) is 5.32 Å². The number of nitrogens with zero attached hydrogens (tertiary/aromatic N) is 1. The van der Waals surface area contributed by atoms with Gasteiger partial charge in [-0.1, -0.05) is 24.3 Å². The highest BCUT2D eigenvalue weighted by molar-refractivity contribution is 7.92. The van der Waals surface area contributed by atoms with Crippen molar-refractivity contribution in [3.8, 4) is 5.75 Å². The van der Waals surface area contributed by atoms with Crippen LogP contribution in [0.15, 0.2) is 42.5 Å². The number of carbonyl (C=O) groups excluding carboxylic acids is 1. The monoisotopic (exact) mass is 404 g/mol. The third-order valence-electron chi connectivity index (χ3n) is 4.60. The van der Waals surface area contributed by atoms with E-state index < -0.39 is 10.0 Å². The maximum absolute atomic E-state index is 12.6. The fraction of sp³-hybridized carbons (Fsp3) is 0.381. The average molecular weight is 405 g/mol. The van der Waals surface area contributed by atoms with Crippen LogP contribution in [0.2, 0.25) is 0 Å². The zero-order chi connectivity index (χ0) is 20.9. The molecule has 0 aliphatic heterocycles. The lowest BCUT2D eigenvalue weighted by atomic mass is 10.1. The Bertz CT molecular complexity index is 924. The van der Waals surface area contributed by atoms with Crippen LogP contribution in [0, 0.1) is 13.8 Å². The molecular formula is C21H28N2O4S. The summed E-state index contributed by atoms with van der Waals surface area (Å²) in [5.74, 6) is 0.399. The summed E-state index contributed by atoms with van der Waals surface area (Å²) in [6, 6.07) is 12.6. The van der Waals surface area contributed by atoms with Gasteiger partial charge in [0.2, 0.25) is 15.9 Å².